The van der Waals surface area contributed by atoms with Gasteiger partial charge >= 0.3 is 5.97 Å². The van der Waals surface area contributed by atoms with Gasteiger partial charge in [0.15, 0.2) is 12.4 Å². The van der Waals surface area contributed by atoms with Gasteiger partial charge < -0.3 is 14.6 Å². The third kappa shape index (κ3) is 2.96. The molecule has 2 aliphatic heterocycles. The summed E-state index contributed by atoms with van der Waals surface area (Å²) >= 11 is 1.57. The Labute approximate surface area is 155 Å². The number of amides is 1. The molecular weight excluding hydrogens is 356 g/mol. The van der Waals surface area contributed by atoms with Crippen LogP contribution in [0.3, 0.4) is 0 Å². The molecule has 0 unspecified atom stereocenters. The fraction of sp³-hybridized carbons (Fsp3) is 0.556. The van der Waals surface area contributed by atoms with Crippen molar-refractivity contribution in [2.24, 2.45) is 0 Å². The van der Waals surface area contributed by atoms with Gasteiger partial charge in [-0.15, -0.1) is 11.8 Å². The molecule has 3 heterocycles. The largest absolute Gasteiger partial charge is 0.456 e. The van der Waals surface area contributed by atoms with Gasteiger partial charge in [0.25, 0.3) is 0 Å². The van der Waals surface area contributed by atoms with Crippen LogP contribution < -0.4 is 0 Å². The van der Waals surface area contributed by atoms with Gasteiger partial charge in [-0.1, -0.05) is 0 Å². The average Bonchev–Trinajstić information content (AvgIpc) is 3.16. The van der Waals surface area contributed by atoms with Gasteiger partial charge in [0.1, 0.15) is 6.04 Å². The minimum atomic E-state index is -0.646. The number of nitrogens with one attached hydrogen (secondary N) is 1. The number of hydrogen-bond donors (Lipinski definition) is 1. The summed E-state index contributed by atoms with van der Waals surface area (Å²) in [5.41, 5.74) is 1.96. The number of ketones is 2. The molecule has 2 atom stereocenters. The first-order valence-corrected chi connectivity index (χ1v) is 9.50. The number of aromatic nitrogens is 1. The summed E-state index contributed by atoms with van der Waals surface area (Å²) in [5.74, 6) is -0.648. The summed E-state index contributed by atoms with van der Waals surface area (Å²) in [4.78, 5) is 52.8. The van der Waals surface area contributed by atoms with Gasteiger partial charge in [0, 0.05) is 23.4 Å². The molecule has 3 rings (SSSR count). The Morgan fingerprint density at radius 3 is 2.65 bits per heavy atom. The van der Waals surface area contributed by atoms with Crippen molar-refractivity contribution in [3.05, 3.63) is 22.5 Å². The Balaban J connectivity index is 1.67. The number of carbonyl (C=O) groups excluding carboxylic acids is 4. The topological polar surface area (TPSA) is 96.5 Å². The van der Waals surface area contributed by atoms with E-state index in [0.717, 1.165) is 0 Å². The van der Waals surface area contributed by atoms with Crippen LogP contribution in [0.15, 0.2) is 0 Å². The second-order valence-electron chi connectivity index (χ2n) is 6.98. The molecule has 140 valence electrons. The number of rotatable bonds is 5. The summed E-state index contributed by atoms with van der Waals surface area (Å²) in [7, 11) is 0. The fourth-order valence-corrected chi connectivity index (χ4v) is 5.27. The van der Waals surface area contributed by atoms with Crippen LogP contribution in [0.25, 0.3) is 0 Å². The van der Waals surface area contributed by atoms with E-state index in [0.29, 0.717) is 35.4 Å². The molecule has 7 nitrogen and oxygen atoms in total. The molecule has 1 N–H and O–H groups in total. The van der Waals surface area contributed by atoms with Crippen molar-refractivity contribution in [2.75, 3.05) is 12.4 Å². The van der Waals surface area contributed by atoms with Crippen LogP contribution >= 0.6 is 11.8 Å². The number of carbonyl (C=O) groups is 4. The van der Waals surface area contributed by atoms with E-state index in [4.69, 9.17) is 4.74 Å². The molecule has 0 bridgehead atoms. The van der Waals surface area contributed by atoms with Gasteiger partial charge in [-0.25, -0.2) is 4.79 Å². The zero-order chi connectivity index (χ0) is 19.2. The predicted octanol–water partition coefficient (Wildman–Crippen LogP) is 2.01. The Bertz CT molecular complexity index is 815. The van der Waals surface area contributed by atoms with Crippen LogP contribution in [0.5, 0.6) is 0 Å². The van der Waals surface area contributed by atoms with Gasteiger partial charge in [-0.2, -0.15) is 0 Å². The van der Waals surface area contributed by atoms with Crippen LogP contribution in [0.4, 0.5) is 0 Å². The van der Waals surface area contributed by atoms with Crippen LogP contribution in [-0.4, -0.2) is 56.6 Å². The maximum atomic E-state index is 12.4. The molecule has 2 fully saturated rings. The molecule has 2 aliphatic rings. The van der Waals surface area contributed by atoms with Crippen LogP contribution in [0, 0.1) is 13.8 Å². The maximum Gasteiger partial charge on any atom is 0.330 e. The summed E-state index contributed by atoms with van der Waals surface area (Å²) in [6.07, 6.45) is 1.15. The van der Waals surface area contributed by atoms with Crippen molar-refractivity contribution >= 4 is 35.2 Å². The maximum absolute atomic E-state index is 12.4. The molecule has 2 saturated heterocycles. The number of thioether (sulfide) groups is 1. The SMILES string of the molecule is CC(=O)c1c(C)[nH]c(C(=O)COC(=O)[C@H]2CS[C@@]3(C)CCC(=O)N23)c1C. The Kier molecular flexibility index (Phi) is 4.72. The van der Waals surface area contributed by atoms with Gasteiger partial charge in [0.05, 0.1) is 10.6 Å². The number of fused-ring (bicyclic) bond motifs is 1. The van der Waals surface area contributed by atoms with Crippen LogP contribution in [0.1, 0.15) is 58.8 Å². The minimum Gasteiger partial charge on any atom is -0.456 e. The third-order valence-corrected chi connectivity index (χ3v) is 6.64. The van der Waals surface area contributed by atoms with E-state index < -0.39 is 24.4 Å². The number of aromatic amines is 1. The summed E-state index contributed by atoms with van der Waals surface area (Å²) in [6.45, 7) is 6.39. The second kappa shape index (κ2) is 6.57. The highest BCUT2D eigenvalue weighted by Gasteiger charge is 2.53. The van der Waals surface area contributed by atoms with Gasteiger partial charge in [-0.3, -0.25) is 14.4 Å². The normalized spacial score (nSPS) is 24.7. The predicted molar refractivity (Wildman–Crippen MR) is 96.3 cm³/mol. The second-order valence-corrected chi connectivity index (χ2v) is 8.48. The summed E-state index contributed by atoms with van der Waals surface area (Å²) < 4.78 is 5.21. The van der Waals surface area contributed by atoms with Gasteiger partial charge in [0.2, 0.25) is 11.7 Å². The highest BCUT2D eigenvalue weighted by Crippen LogP contribution is 2.47. The number of hydrogen-bond acceptors (Lipinski definition) is 6. The molecule has 1 aromatic heterocycles. The number of ether oxygens (including phenoxy) is 1. The van der Waals surface area contributed by atoms with Crippen LogP contribution in [-0.2, 0) is 14.3 Å². The number of esters is 1. The zero-order valence-electron chi connectivity index (χ0n) is 15.3. The smallest absolute Gasteiger partial charge is 0.330 e. The number of aryl methyl sites for hydroxylation is 1. The Morgan fingerprint density at radius 1 is 1.35 bits per heavy atom. The lowest BCUT2D eigenvalue weighted by molar-refractivity contribution is -0.152. The van der Waals surface area contributed by atoms with Crippen molar-refractivity contribution in [3.8, 4) is 0 Å². The number of H-pyrrole nitrogens is 1. The van der Waals surface area contributed by atoms with E-state index in [1.54, 1.807) is 30.5 Å². The Hall–Kier alpha value is -2.09. The van der Waals surface area contributed by atoms with E-state index in [-0.39, 0.29) is 22.3 Å². The van der Waals surface area contributed by atoms with Crippen molar-refractivity contribution < 1.29 is 23.9 Å². The van der Waals surface area contributed by atoms with Crippen molar-refractivity contribution in [1.29, 1.82) is 0 Å². The van der Waals surface area contributed by atoms with E-state index in [2.05, 4.69) is 4.98 Å². The highest BCUT2D eigenvalue weighted by molar-refractivity contribution is 8.01. The fourth-order valence-electron chi connectivity index (χ4n) is 3.86. The number of nitrogens with zero attached hydrogens (tertiary/aromatic N) is 1. The zero-order valence-corrected chi connectivity index (χ0v) is 16.1. The molecular formula is C18H22N2O5S. The minimum absolute atomic E-state index is 0.0484. The standard InChI is InChI=1S/C18H22N2O5S/c1-9-15(11(3)21)10(2)19-16(9)13(22)7-25-17(24)12-8-26-18(4)6-5-14(23)20(12)18/h12,19H,5-8H2,1-4H3/t12-,18+/m1/s1. The molecule has 0 saturated carbocycles. The lowest BCUT2D eigenvalue weighted by atomic mass is 10.1. The molecule has 26 heavy (non-hydrogen) atoms. The Morgan fingerprint density at radius 2 is 2.04 bits per heavy atom. The third-order valence-electron chi connectivity index (χ3n) is 5.13. The van der Waals surface area contributed by atoms with E-state index in [1.807, 2.05) is 6.92 Å². The quantitative estimate of drug-likeness (QED) is 0.622. The molecule has 8 heteroatoms. The molecule has 1 aromatic rings. The monoisotopic (exact) mass is 378 g/mol. The first-order valence-electron chi connectivity index (χ1n) is 8.52. The van der Waals surface area contributed by atoms with Crippen molar-refractivity contribution in [2.45, 2.75) is 51.4 Å². The number of Topliss-reactive ketones (excluding diaryl/α,β-unsaturated/α-hetero) is 2. The van der Waals surface area contributed by atoms with E-state index >= 15 is 0 Å². The van der Waals surface area contributed by atoms with Crippen LogP contribution in [0.2, 0.25) is 0 Å². The van der Waals surface area contributed by atoms with Gasteiger partial charge in [-0.05, 0) is 39.7 Å². The van der Waals surface area contributed by atoms with E-state index in [9.17, 15) is 19.2 Å². The lowest BCUT2D eigenvalue weighted by Gasteiger charge is -2.29. The molecule has 0 aliphatic carbocycles. The molecule has 0 spiro atoms. The van der Waals surface area contributed by atoms with Crippen molar-refractivity contribution in [3.63, 3.8) is 0 Å². The van der Waals surface area contributed by atoms with E-state index in [1.165, 1.54) is 6.92 Å². The molecule has 0 radical (unpaired) electrons. The first-order chi connectivity index (χ1) is 12.2. The lowest BCUT2D eigenvalue weighted by Crippen LogP contribution is -2.46. The molecule has 1 amide bonds. The highest BCUT2D eigenvalue weighted by atomic mass is 32.2. The molecule has 0 aromatic carbocycles. The average molecular weight is 378 g/mol. The summed E-state index contributed by atoms with van der Waals surface area (Å²) in [6, 6.07) is -0.646. The van der Waals surface area contributed by atoms with Crippen molar-refractivity contribution in [1.82, 2.24) is 9.88 Å². The first kappa shape index (κ1) is 18.7. The summed E-state index contributed by atoms with van der Waals surface area (Å²) in [5, 5.41) is 0.